The fourth-order valence-electron chi connectivity index (χ4n) is 2.74. The number of ether oxygens (including phenoxy) is 3. The molecule has 0 aliphatic heterocycles. The Bertz CT molecular complexity index is 702. The minimum absolute atomic E-state index is 0.127. The summed E-state index contributed by atoms with van der Waals surface area (Å²) in [5, 5.41) is 3.08. The van der Waals surface area contributed by atoms with Crippen molar-refractivity contribution in [1.82, 2.24) is 5.32 Å². The van der Waals surface area contributed by atoms with Gasteiger partial charge in [0.1, 0.15) is 5.75 Å². The van der Waals surface area contributed by atoms with Gasteiger partial charge in [-0.15, -0.1) is 0 Å². The van der Waals surface area contributed by atoms with Crippen LogP contribution in [0.2, 0.25) is 0 Å². The molecule has 0 saturated heterocycles. The largest absolute Gasteiger partial charge is 0.493 e. The third-order valence-corrected chi connectivity index (χ3v) is 4.22. The molecule has 0 fully saturated rings. The number of benzene rings is 2. The summed E-state index contributed by atoms with van der Waals surface area (Å²) in [6.07, 6.45) is 0.804. The highest BCUT2D eigenvalue weighted by Gasteiger charge is 2.22. The van der Waals surface area contributed by atoms with Gasteiger partial charge in [0, 0.05) is 0 Å². The van der Waals surface area contributed by atoms with Gasteiger partial charge in [0.25, 0.3) is 5.91 Å². The van der Waals surface area contributed by atoms with Crippen molar-refractivity contribution in [3.63, 3.8) is 0 Å². The maximum atomic E-state index is 12.7. The molecule has 2 unspecified atom stereocenters. The van der Waals surface area contributed by atoms with Crippen LogP contribution in [0.3, 0.4) is 0 Å². The number of methoxy groups -OCH3 is 2. The Morgan fingerprint density at radius 2 is 1.65 bits per heavy atom. The van der Waals surface area contributed by atoms with Crippen LogP contribution < -0.4 is 19.5 Å². The molecule has 0 aliphatic rings. The molecule has 1 N–H and O–H groups in total. The molecule has 0 heterocycles. The van der Waals surface area contributed by atoms with Gasteiger partial charge in [-0.05, 0) is 42.7 Å². The monoisotopic (exact) mass is 357 g/mol. The molecule has 2 atom stereocenters. The van der Waals surface area contributed by atoms with Crippen LogP contribution in [0.5, 0.6) is 17.2 Å². The van der Waals surface area contributed by atoms with E-state index < -0.39 is 6.10 Å². The zero-order valence-corrected chi connectivity index (χ0v) is 15.8. The Balaban J connectivity index is 2.11. The smallest absolute Gasteiger partial charge is 0.261 e. The number of hydrogen-bond acceptors (Lipinski definition) is 4. The summed E-state index contributed by atoms with van der Waals surface area (Å²) in [6.45, 7) is 3.96. The molecule has 2 aromatic rings. The van der Waals surface area contributed by atoms with Gasteiger partial charge >= 0.3 is 0 Å². The standard InChI is InChI=1S/C21H27NO4/c1-5-17(15-12-13-19(24-3)20(14-15)25-4)22-21(23)18(6-2)26-16-10-8-7-9-11-16/h7-14,17-18H,5-6H2,1-4H3,(H,22,23). The van der Waals surface area contributed by atoms with Gasteiger partial charge in [-0.2, -0.15) is 0 Å². The topological polar surface area (TPSA) is 56.8 Å². The van der Waals surface area contributed by atoms with Crippen LogP contribution in [0.1, 0.15) is 38.3 Å². The summed E-state index contributed by atoms with van der Waals surface area (Å²) in [5.74, 6) is 1.87. The van der Waals surface area contributed by atoms with E-state index in [9.17, 15) is 4.79 Å². The first-order valence-corrected chi connectivity index (χ1v) is 8.86. The number of carbonyl (C=O) groups excluding carboxylic acids is 1. The van der Waals surface area contributed by atoms with E-state index in [1.807, 2.05) is 62.4 Å². The average Bonchev–Trinajstić information content (AvgIpc) is 2.70. The summed E-state index contributed by atoms with van der Waals surface area (Å²) in [4.78, 5) is 12.7. The molecule has 0 aromatic heterocycles. The maximum absolute atomic E-state index is 12.7. The molecule has 5 nitrogen and oxygen atoms in total. The summed E-state index contributed by atoms with van der Waals surface area (Å²) in [6, 6.07) is 14.9. The first-order chi connectivity index (χ1) is 12.6. The fourth-order valence-corrected chi connectivity index (χ4v) is 2.74. The van der Waals surface area contributed by atoms with Crippen LogP contribution in [-0.4, -0.2) is 26.2 Å². The summed E-state index contributed by atoms with van der Waals surface area (Å²) < 4.78 is 16.5. The van der Waals surface area contributed by atoms with Crippen molar-refractivity contribution < 1.29 is 19.0 Å². The van der Waals surface area contributed by atoms with Crippen molar-refractivity contribution >= 4 is 5.91 Å². The Labute approximate surface area is 155 Å². The summed E-state index contributed by atoms with van der Waals surface area (Å²) in [7, 11) is 3.20. The average molecular weight is 357 g/mol. The zero-order valence-electron chi connectivity index (χ0n) is 15.8. The minimum Gasteiger partial charge on any atom is -0.493 e. The van der Waals surface area contributed by atoms with Crippen molar-refractivity contribution in [2.75, 3.05) is 14.2 Å². The van der Waals surface area contributed by atoms with Crippen molar-refractivity contribution in [2.24, 2.45) is 0 Å². The van der Waals surface area contributed by atoms with Gasteiger partial charge in [0.2, 0.25) is 0 Å². The van der Waals surface area contributed by atoms with E-state index in [1.165, 1.54) is 0 Å². The van der Waals surface area contributed by atoms with E-state index in [-0.39, 0.29) is 11.9 Å². The molecule has 26 heavy (non-hydrogen) atoms. The molecule has 0 saturated carbocycles. The van der Waals surface area contributed by atoms with Gasteiger partial charge in [-0.3, -0.25) is 4.79 Å². The van der Waals surface area contributed by atoms with Crippen molar-refractivity contribution in [3.8, 4) is 17.2 Å². The zero-order chi connectivity index (χ0) is 18.9. The number of carbonyl (C=O) groups is 1. The van der Waals surface area contributed by atoms with Gasteiger partial charge in [0.05, 0.1) is 20.3 Å². The third kappa shape index (κ3) is 4.91. The van der Waals surface area contributed by atoms with Crippen LogP contribution in [0, 0.1) is 0 Å². The van der Waals surface area contributed by atoms with E-state index >= 15 is 0 Å². The maximum Gasteiger partial charge on any atom is 0.261 e. The Morgan fingerprint density at radius 3 is 2.23 bits per heavy atom. The Morgan fingerprint density at radius 1 is 0.962 bits per heavy atom. The molecule has 140 valence electrons. The fraction of sp³-hybridized carbons (Fsp3) is 0.381. The number of para-hydroxylation sites is 1. The predicted molar refractivity (Wildman–Crippen MR) is 102 cm³/mol. The highest BCUT2D eigenvalue weighted by Crippen LogP contribution is 2.31. The van der Waals surface area contributed by atoms with Gasteiger partial charge < -0.3 is 19.5 Å². The molecule has 0 bridgehead atoms. The van der Waals surface area contributed by atoms with Gasteiger partial charge in [-0.1, -0.05) is 38.1 Å². The first kappa shape index (κ1) is 19.6. The van der Waals surface area contributed by atoms with E-state index in [0.29, 0.717) is 23.7 Å². The van der Waals surface area contributed by atoms with Gasteiger partial charge in [-0.25, -0.2) is 0 Å². The van der Waals surface area contributed by atoms with Crippen LogP contribution in [0.15, 0.2) is 48.5 Å². The van der Waals surface area contributed by atoms with Crippen LogP contribution in [0.25, 0.3) is 0 Å². The normalized spacial score (nSPS) is 12.8. The van der Waals surface area contributed by atoms with E-state index in [0.717, 1.165) is 12.0 Å². The molecular weight excluding hydrogens is 330 g/mol. The second-order valence-corrected chi connectivity index (χ2v) is 5.91. The van der Waals surface area contributed by atoms with E-state index in [1.54, 1.807) is 14.2 Å². The lowest BCUT2D eigenvalue weighted by Gasteiger charge is -2.23. The number of nitrogens with one attached hydrogen (secondary N) is 1. The number of hydrogen-bond donors (Lipinski definition) is 1. The van der Waals surface area contributed by atoms with E-state index in [4.69, 9.17) is 14.2 Å². The highest BCUT2D eigenvalue weighted by molar-refractivity contribution is 5.81. The quantitative estimate of drug-likeness (QED) is 0.733. The second-order valence-electron chi connectivity index (χ2n) is 5.91. The van der Waals surface area contributed by atoms with Crippen LogP contribution >= 0.6 is 0 Å². The van der Waals surface area contributed by atoms with Gasteiger partial charge in [0.15, 0.2) is 17.6 Å². The SMILES string of the molecule is CCC(Oc1ccccc1)C(=O)NC(CC)c1ccc(OC)c(OC)c1. The van der Waals surface area contributed by atoms with E-state index in [2.05, 4.69) is 5.32 Å². The molecule has 5 heteroatoms. The second kappa shape index (κ2) is 9.70. The van der Waals surface area contributed by atoms with Crippen molar-refractivity contribution in [1.29, 1.82) is 0 Å². The van der Waals surface area contributed by atoms with Crippen LogP contribution in [0.4, 0.5) is 0 Å². The lowest BCUT2D eigenvalue weighted by atomic mass is 10.0. The Kier molecular flexibility index (Phi) is 7.33. The predicted octanol–water partition coefficient (Wildman–Crippen LogP) is 4.13. The van der Waals surface area contributed by atoms with Crippen molar-refractivity contribution in [3.05, 3.63) is 54.1 Å². The summed E-state index contributed by atoms with van der Waals surface area (Å²) >= 11 is 0. The lowest BCUT2D eigenvalue weighted by Crippen LogP contribution is -2.39. The molecule has 2 aromatic carbocycles. The minimum atomic E-state index is -0.536. The molecule has 0 spiro atoms. The molecule has 1 amide bonds. The molecule has 0 aliphatic carbocycles. The first-order valence-electron chi connectivity index (χ1n) is 8.86. The Hall–Kier alpha value is -2.69. The highest BCUT2D eigenvalue weighted by atomic mass is 16.5. The van der Waals surface area contributed by atoms with Crippen LogP contribution in [-0.2, 0) is 4.79 Å². The summed E-state index contributed by atoms with van der Waals surface area (Å²) in [5.41, 5.74) is 0.966. The third-order valence-electron chi connectivity index (χ3n) is 4.22. The van der Waals surface area contributed by atoms with Crippen molar-refractivity contribution in [2.45, 2.75) is 38.8 Å². The lowest BCUT2D eigenvalue weighted by molar-refractivity contribution is -0.128. The number of rotatable bonds is 9. The number of amides is 1. The molecule has 2 rings (SSSR count). The molecule has 0 radical (unpaired) electrons. The molecular formula is C21H27NO4.